The minimum Gasteiger partial charge on any atom is -0.496 e. The zero-order valence-corrected chi connectivity index (χ0v) is 26.3. The molecule has 220 valence electrons. The number of benzene rings is 1. The van der Waals surface area contributed by atoms with Crippen LogP contribution < -0.4 is 15.0 Å². The zero-order chi connectivity index (χ0) is 30.1. The van der Waals surface area contributed by atoms with Crippen molar-refractivity contribution in [3.05, 3.63) is 63.1 Å². The Bertz CT molecular complexity index is 1680. The van der Waals surface area contributed by atoms with Crippen LogP contribution in [0.25, 0.3) is 28.0 Å². The van der Waals surface area contributed by atoms with E-state index in [1.807, 2.05) is 37.3 Å². The smallest absolute Gasteiger partial charge is 0.331 e. The van der Waals surface area contributed by atoms with Crippen molar-refractivity contribution in [2.45, 2.75) is 60.5 Å². The Hall–Kier alpha value is -3.90. The highest BCUT2D eigenvalue weighted by atomic mass is 32.1. The fourth-order valence-corrected chi connectivity index (χ4v) is 7.46. The lowest BCUT2D eigenvalue weighted by Gasteiger charge is -2.37. The van der Waals surface area contributed by atoms with E-state index in [4.69, 9.17) is 26.1 Å². The molecule has 0 spiro atoms. The van der Waals surface area contributed by atoms with Crippen molar-refractivity contribution in [2.75, 3.05) is 25.1 Å². The number of esters is 1. The van der Waals surface area contributed by atoms with E-state index in [1.54, 1.807) is 23.0 Å². The Morgan fingerprint density at radius 2 is 1.88 bits per heavy atom. The number of hydrogen-bond acceptors (Lipinski definition) is 7. The second-order valence-corrected chi connectivity index (χ2v) is 12.6. The van der Waals surface area contributed by atoms with E-state index in [-0.39, 0.29) is 29.2 Å². The maximum atomic E-state index is 13.9. The van der Waals surface area contributed by atoms with Gasteiger partial charge in [-0.25, -0.2) is 19.1 Å². The van der Waals surface area contributed by atoms with Gasteiger partial charge in [0.15, 0.2) is 11.5 Å². The van der Waals surface area contributed by atoms with Crippen molar-refractivity contribution < 1.29 is 14.3 Å². The molecular weight excluding hydrogens is 546 g/mol. The number of rotatable bonds is 8. The number of fused-ring (bicyclic) bond motifs is 1. The summed E-state index contributed by atoms with van der Waals surface area (Å²) in [6, 6.07) is 9.95. The van der Waals surface area contributed by atoms with E-state index in [1.165, 1.54) is 0 Å². The van der Waals surface area contributed by atoms with Gasteiger partial charge in [0.25, 0.3) is 0 Å². The minimum absolute atomic E-state index is 0.167. The summed E-state index contributed by atoms with van der Waals surface area (Å²) in [7, 11) is 1.61. The molecule has 0 bridgehead atoms. The largest absolute Gasteiger partial charge is 0.496 e. The number of carbonyl (C=O) groups excluding carboxylic acids is 1. The molecule has 1 fully saturated rings. The van der Waals surface area contributed by atoms with Gasteiger partial charge < -0.3 is 14.4 Å². The first-order chi connectivity index (χ1) is 20.2. The van der Waals surface area contributed by atoms with E-state index in [9.17, 15) is 4.79 Å². The number of carbonyl (C=O) groups is 1. The molecule has 0 N–H and O–H groups in total. The molecule has 42 heavy (non-hydrogen) atoms. The fourth-order valence-electron chi connectivity index (χ4n) is 6.39. The van der Waals surface area contributed by atoms with E-state index < -0.39 is 5.97 Å². The number of ether oxygens (including phenoxy) is 2. The standard InChI is InChI=1S/C33H39N5O3S/c1-9-37(10-2)27-14-12-23(42-27)18-25-29(34-7)28(33(39)41-30-21(5)15-20(4)16-22(30)6)32-35-31(36-38(25)32)24-17-19(3)11-13-26(24)40-8/h11-14,17-18,20-22,30H,9-10,15-16H2,1-6,8H3/b25-18+. The molecule has 0 aliphatic heterocycles. The molecule has 0 amide bonds. The molecule has 1 aliphatic carbocycles. The molecule has 2 atom stereocenters. The highest BCUT2D eigenvalue weighted by molar-refractivity contribution is 7.16. The highest BCUT2D eigenvalue weighted by Gasteiger charge is 2.36. The number of aromatic nitrogens is 3. The zero-order valence-electron chi connectivity index (χ0n) is 25.5. The normalized spacial score (nSPS) is 21.0. The number of thiophene rings is 1. The van der Waals surface area contributed by atoms with Gasteiger partial charge >= 0.3 is 5.97 Å². The minimum atomic E-state index is -0.519. The topological polar surface area (TPSA) is 73.3 Å². The van der Waals surface area contributed by atoms with Gasteiger partial charge in [-0.3, -0.25) is 0 Å². The molecule has 9 heteroatoms. The van der Waals surface area contributed by atoms with Crippen molar-refractivity contribution in [3.8, 4) is 17.1 Å². The summed E-state index contributed by atoms with van der Waals surface area (Å²) in [6.45, 7) is 22.7. The average Bonchev–Trinajstić information content (AvgIpc) is 3.66. The number of aryl methyl sites for hydroxylation is 1. The monoisotopic (exact) mass is 585 g/mol. The first-order valence-corrected chi connectivity index (χ1v) is 15.5. The first kappa shape index (κ1) is 29.6. The van der Waals surface area contributed by atoms with Crippen LogP contribution in [0.1, 0.15) is 68.3 Å². The van der Waals surface area contributed by atoms with Gasteiger partial charge in [0.05, 0.1) is 29.6 Å². The number of hydrogen-bond donors (Lipinski definition) is 0. The summed E-state index contributed by atoms with van der Waals surface area (Å²) in [5.74, 6) is 1.59. The van der Waals surface area contributed by atoms with E-state index >= 15 is 0 Å². The van der Waals surface area contributed by atoms with Gasteiger partial charge in [0, 0.05) is 18.0 Å². The molecule has 0 radical (unpaired) electrons. The second-order valence-electron chi connectivity index (χ2n) is 11.5. The molecule has 4 aromatic rings. The van der Waals surface area contributed by atoms with Gasteiger partial charge in [-0.2, -0.15) is 0 Å². The molecule has 0 saturated heterocycles. The second kappa shape index (κ2) is 12.1. The molecule has 3 aromatic heterocycles. The first-order valence-electron chi connectivity index (χ1n) is 14.7. The van der Waals surface area contributed by atoms with Gasteiger partial charge in [-0.1, -0.05) is 32.4 Å². The van der Waals surface area contributed by atoms with Crippen LogP contribution >= 0.6 is 11.3 Å². The van der Waals surface area contributed by atoms with Crippen molar-refractivity contribution in [2.24, 2.45) is 17.8 Å². The van der Waals surface area contributed by atoms with Crippen LogP contribution in [0.4, 0.5) is 10.7 Å². The summed E-state index contributed by atoms with van der Waals surface area (Å²) in [5, 5.41) is 6.51. The van der Waals surface area contributed by atoms with Gasteiger partial charge in [0.2, 0.25) is 5.69 Å². The van der Waals surface area contributed by atoms with Crippen LogP contribution in [0.2, 0.25) is 0 Å². The predicted molar refractivity (Wildman–Crippen MR) is 169 cm³/mol. The maximum absolute atomic E-state index is 13.9. The Balaban J connectivity index is 1.69. The van der Waals surface area contributed by atoms with Crippen LogP contribution in [0.5, 0.6) is 5.75 Å². The Labute approximate surface area is 251 Å². The van der Waals surface area contributed by atoms with Crippen molar-refractivity contribution in [1.29, 1.82) is 0 Å². The fraction of sp³-hybridized carbons (Fsp3) is 0.455. The van der Waals surface area contributed by atoms with Crippen molar-refractivity contribution >= 4 is 39.7 Å². The third-order valence-electron chi connectivity index (χ3n) is 8.33. The van der Waals surface area contributed by atoms with Gasteiger partial charge in [0.1, 0.15) is 17.4 Å². The number of anilines is 1. The maximum Gasteiger partial charge on any atom is 0.331 e. The van der Waals surface area contributed by atoms with Crippen LogP contribution in [0.3, 0.4) is 0 Å². The van der Waals surface area contributed by atoms with E-state index in [0.29, 0.717) is 28.5 Å². The third kappa shape index (κ3) is 5.48. The summed E-state index contributed by atoms with van der Waals surface area (Å²) in [6.07, 6.45) is 3.71. The summed E-state index contributed by atoms with van der Waals surface area (Å²) in [5.41, 5.74) is 2.45. The lowest BCUT2D eigenvalue weighted by Crippen LogP contribution is -2.37. The van der Waals surface area contributed by atoms with Crippen LogP contribution in [0, 0.1) is 31.2 Å². The SMILES string of the molecule is [C-]#[N+]c1c(C(=O)OC2C(C)CC(C)CC2C)c2nc(-c3cc(C)ccc3OC)nn2/c1=C/c1ccc(N(CC)CC)s1. The average molecular weight is 586 g/mol. The van der Waals surface area contributed by atoms with Gasteiger partial charge in [-0.05, 0) is 81.7 Å². The summed E-state index contributed by atoms with van der Waals surface area (Å²) >= 11 is 1.64. The lowest BCUT2D eigenvalue weighted by atomic mass is 9.75. The highest BCUT2D eigenvalue weighted by Crippen LogP contribution is 2.37. The quantitative estimate of drug-likeness (QED) is 0.165. The lowest BCUT2D eigenvalue weighted by molar-refractivity contribution is -0.0249. The Morgan fingerprint density at radius 3 is 2.52 bits per heavy atom. The molecule has 8 nitrogen and oxygen atoms in total. The Kier molecular flexibility index (Phi) is 8.55. The van der Waals surface area contributed by atoms with E-state index in [2.05, 4.69) is 50.4 Å². The number of nitrogens with zero attached hydrogens (tertiary/aromatic N) is 5. The van der Waals surface area contributed by atoms with Gasteiger partial charge in [-0.15, -0.1) is 16.4 Å². The van der Waals surface area contributed by atoms with E-state index in [0.717, 1.165) is 46.9 Å². The molecule has 2 unspecified atom stereocenters. The molecule has 3 heterocycles. The Morgan fingerprint density at radius 1 is 1.17 bits per heavy atom. The van der Waals surface area contributed by atoms with Crippen LogP contribution in [-0.2, 0) is 4.74 Å². The van der Waals surface area contributed by atoms with Crippen molar-refractivity contribution in [1.82, 2.24) is 14.6 Å². The number of methoxy groups -OCH3 is 1. The predicted octanol–water partition coefficient (Wildman–Crippen LogP) is 6.95. The molecular formula is C33H39N5O3S. The molecule has 5 rings (SSSR count). The summed E-state index contributed by atoms with van der Waals surface area (Å²) < 4.78 is 13.4. The third-order valence-corrected chi connectivity index (χ3v) is 9.42. The molecule has 1 aromatic carbocycles. The molecule has 1 saturated carbocycles. The molecule has 1 aliphatic rings. The van der Waals surface area contributed by atoms with Crippen LogP contribution in [-0.4, -0.2) is 46.9 Å². The summed E-state index contributed by atoms with van der Waals surface area (Å²) in [4.78, 5) is 25.9. The van der Waals surface area contributed by atoms with Crippen molar-refractivity contribution in [3.63, 3.8) is 0 Å². The van der Waals surface area contributed by atoms with Crippen LogP contribution in [0.15, 0.2) is 30.3 Å².